The van der Waals surface area contributed by atoms with Crippen molar-refractivity contribution in [2.75, 3.05) is 13.7 Å². The number of aromatic nitrogens is 1. The second kappa shape index (κ2) is 12.8. The standard InChI is InChI=1S/C37H43NO7/c1-5-7-8-9-15-37(3,41)33-20-27-30(45-33)21-31-34(35(27)42-4)26(19-32(44-31)36(40)43-6-2)23-11-13-29(39)25(18-23)22-10-12-28-24(17-22)14-16-38-28/h10,12,14,16-17,19,21,25,33,38,41H,5-9,11,13,15,18,20H2,1-4H3/b26-23+/t25-,33-,37-/m0/s1. The normalized spacial score (nSPS) is 22.2. The predicted octanol–water partition coefficient (Wildman–Crippen LogP) is 7.33. The van der Waals surface area contributed by atoms with Crippen molar-refractivity contribution in [3.8, 4) is 17.2 Å². The van der Waals surface area contributed by atoms with Gasteiger partial charge < -0.3 is 29.0 Å². The number of esters is 1. The van der Waals surface area contributed by atoms with E-state index in [4.69, 9.17) is 18.9 Å². The third kappa shape index (κ3) is 6.00. The van der Waals surface area contributed by atoms with Gasteiger partial charge in [-0.2, -0.15) is 0 Å². The highest BCUT2D eigenvalue weighted by Crippen LogP contribution is 2.52. The van der Waals surface area contributed by atoms with E-state index in [-0.39, 0.29) is 24.1 Å². The molecular weight excluding hydrogens is 570 g/mol. The van der Waals surface area contributed by atoms with Crippen molar-refractivity contribution in [2.45, 2.75) is 96.2 Å². The number of aromatic amines is 1. The second-order valence-corrected chi connectivity index (χ2v) is 12.6. The lowest BCUT2D eigenvalue weighted by molar-refractivity contribution is -0.141. The highest BCUT2D eigenvalue weighted by molar-refractivity contribution is 5.98. The molecule has 45 heavy (non-hydrogen) atoms. The van der Waals surface area contributed by atoms with Crippen LogP contribution in [0.25, 0.3) is 16.5 Å². The van der Waals surface area contributed by atoms with Gasteiger partial charge in [0, 0.05) is 42.1 Å². The molecule has 1 aromatic heterocycles. The highest BCUT2D eigenvalue weighted by Gasteiger charge is 2.42. The fourth-order valence-electron chi connectivity index (χ4n) is 6.99. The van der Waals surface area contributed by atoms with E-state index in [0.29, 0.717) is 49.4 Å². The minimum atomic E-state index is -1.02. The van der Waals surface area contributed by atoms with Crippen molar-refractivity contribution >= 4 is 28.2 Å². The number of ether oxygens (including phenoxy) is 4. The summed E-state index contributed by atoms with van der Waals surface area (Å²) in [5, 5.41) is 12.5. The zero-order valence-electron chi connectivity index (χ0n) is 26.7. The Labute approximate surface area is 264 Å². The SMILES string of the molecule is CCCCCC[C@](C)(O)[C@@H]1Cc2c(cc3c(c2OC)/C(=C2\CCC(=O)[C@H](c4ccc5[nH]ccc5c4)C2)C=C(C(=O)OCC)O3)O1. The van der Waals surface area contributed by atoms with Gasteiger partial charge in [-0.25, -0.2) is 4.79 Å². The van der Waals surface area contributed by atoms with Gasteiger partial charge in [-0.15, -0.1) is 0 Å². The van der Waals surface area contributed by atoms with E-state index in [1.54, 1.807) is 26.2 Å². The summed E-state index contributed by atoms with van der Waals surface area (Å²) in [5.41, 5.74) is 4.45. The average Bonchev–Trinajstić information content (AvgIpc) is 3.69. The first-order valence-electron chi connectivity index (χ1n) is 16.3. The molecule has 8 heteroatoms. The van der Waals surface area contributed by atoms with Crippen LogP contribution in [-0.2, 0) is 20.7 Å². The lowest BCUT2D eigenvalue weighted by Crippen LogP contribution is -2.42. The summed E-state index contributed by atoms with van der Waals surface area (Å²) in [4.78, 5) is 29.5. The van der Waals surface area contributed by atoms with Crippen LogP contribution in [0.2, 0.25) is 0 Å². The molecule has 1 aliphatic carbocycles. The first-order valence-corrected chi connectivity index (χ1v) is 16.3. The van der Waals surface area contributed by atoms with Crippen LogP contribution in [0, 0.1) is 0 Å². The molecule has 0 unspecified atom stereocenters. The Balaban J connectivity index is 1.40. The molecule has 6 rings (SSSR count). The Morgan fingerprint density at radius 1 is 1.09 bits per heavy atom. The number of ketones is 1. The number of unbranched alkanes of at least 4 members (excludes halogenated alkanes) is 3. The van der Waals surface area contributed by atoms with Gasteiger partial charge in [0.25, 0.3) is 0 Å². The van der Waals surface area contributed by atoms with Gasteiger partial charge in [0.2, 0.25) is 5.76 Å². The lowest BCUT2D eigenvalue weighted by Gasteiger charge is -2.29. The Morgan fingerprint density at radius 3 is 2.71 bits per heavy atom. The van der Waals surface area contributed by atoms with Crippen molar-refractivity contribution in [3.05, 3.63) is 70.6 Å². The largest absolute Gasteiger partial charge is 0.496 e. The average molecular weight is 614 g/mol. The number of carbonyl (C=O) groups excluding carboxylic acids is 2. The molecule has 2 aromatic carbocycles. The van der Waals surface area contributed by atoms with Crippen LogP contribution in [0.4, 0.5) is 0 Å². The molecule has 0 radical (unpaired) electrons. The number of hydrogen-bond donors (Lipinski definition) is 2. The maximum Gasteiger partial charge on any atom is 0.374 e. The summed E-state index contributed by atoms with van der Waals surface area (Å²) in [6.45, 7) is 5.98. The van der Waals surface area contributed by atoms with Crippen LogP contribution < -0.4 is 14.2 Å². The zero-order valence-corrected chi connectivity index (χ0v) is 26.7. The molecule has 0 amide bonds. The van der Waals surface area contributed by atoms with Crippen LogP contribution in [0.5, 0.6) is 17.2 Å². The Kier molecular flexibility index (Phi) is 8.78. The van der Waals surface area contributed by atoms with Gasteiger partial charge in [-0.05, 0) is 73.9 Å². The monoisotopic (exact) mass is 613 g/mol. The number of benzene rings is 2. The molecule has 3 heterocycles. The molecule has 0 saturated heterocycles. The number of Topliss-reactive ketones (excluding diaryl/α,β-unsaturated/α-hetero) is 1. The van der Waals surface area contributed by atoms with Crippen LogP contribution in [0.1, 0.15) is 94.7 Å². The molecule has 3 aromatic rings. The lowest BCUT2D eigenvalue weighted by atomic mass is 9.77. The maximum atomic E-state index is 13.3. The first-order chi connectivity index (χ1) is 21.7. The number of H-pyrrole nitrogens is 1. The second-order valence-electron chi connectivity index (χ2n) is 12.6. The summed E-state index contributed by atoms with van der Waals surface area (Å²) in [6.07, 6.45) is 10.1. The van der Waals surface area contributed by atoms with E-state index in [0.717, 1.165) is 64.4 Å². The number of methoxy groups -OCH3 is 1. The van der Waals surface area contributed by atoms with Gasteiger partial charge >= 0.3 is 5.97 Å². The zero-order chi connectivity index (χ0) is 31.7. The molecule has 0 spiro atoms. The Bertz CT molecular complexity index is 1680. The smallest absolute Gasteiger partial charge is 0.374 e. The number of carbonyl (C=O) groups is 2. The topological polar surface area (TPSA) is 107 Å². The molecule has 3 atom stereocenters. The summed E-state index contributed by atoms with van der Waals surface area (Å²) in [6, 6.07) is 9.94. The van der Waals surface area contributed by atoms with Crippen LogP contribution in [-0.4, -0.2) is 47.3 Å². The molecule has 8 nitrogen and oxygen atoms in total. The summed E-state index contributed by atoms with van der Waals surface area (Å²) < 4.78 is 24.0. The summed E-state index contributed by atoms with van der Waals surface area (Å²) in [5.74, 6) is 1.04. The van der Waals surface area contributed by atoms with E-state index in [1.807, 2.05) is 31.3 Å². The quantitative estimate of drug-likeness (QED) is 0.182. The van der Waals surface area contributed by atoms with E-state index < -0.39 is 17.7 Å². The van der Waals surface area contributed by atoms with Crippen molar-refractivity contribution in [1.29, 1.82) is 0 Å². The van der Waals surface area contributed by atoms with Crippen LogP contribution in [0.15, 0.2) is 53.9 Å². The number of allylic oxidation sites excluding steroid dienone is 3. The molecular formula is C37H43NO7. The number of nitrogens with one attached hydrogen (secondary N) is 1. The van der Waals surface area contributed by atoms with E-state index >= 15 is 0 Å². The third-order valence-corrected chi connectivity index (χ3v) is 9.51. The van der Waals surface area contributed by atoms with Crippen LogP contribution in [0.3, 0.4) is 0 Å². The summed E-state index contributed by atoms with van der Waals surface area (Å²) in [7, 11) is 1.62. The van der Waals surface area contributed by atoms with Gasteiger partial charge in [-0.3, -0.25) is 4.79 Å². The molecule has 1 fully saturated rings. The minimum Gasteiger partial charge on any atom is -0.496 e. The first kappa shape index (κ1) is 31.0. The molecule has 2 aliphatic heterocycles. The highest BCUT2D eigenvalue weighted by atomic mass is 16.6. The van der Waals surface area contributed by atoms with E-state index in [2.05, 4.69) is 18.0 Å². The van der Waals surface area contributed by atoms with Crippen molar-refractivity contribution in [3.63, 3.8) is 0 Å². The molecule has 238 valence electrons. The fourth-order valence-corrected chi connectivity index (χ4v) is 6.99. The maximum absolute atomic E-state index is 13.3. The van der Waals surface area contributed by atoms with Gasteiger partial charge in [0.15, 0.2) is 0 Å². The van der Waals surface area contributed by atoms with E-state index in [1.165, 1.54) is 0 Å². The van der Waals surface area contributed by atoms with Crippen molar-refractivity contribution < 1.29 is 33.6 Å². The molecule has 0 bridgehead atoms. The van der Waals surface area contributed by atoms with E-state index in [9.17, 15) is 14.7 Å². The Morgan fingerprint density at radius 2 is 1.93 bits per heavy atom. The minimum absolute atomic E-state index is 0.0773. The predicted molar refractivity (Wildman–Crippen MR) is 173 cm³/mol. The molecule has 2 N–H and O–H groups in total. The van der Waals surface area contributed by atoms with Crippen molar-refractivity contribution in [2.24, 2.45) is 0 Å². The van der Waals surface area contributed by atoms with Gasteiger partial charge in [0.1, 0.15) is 29.1 Å². The Hall–Kier alpha value is -4.04. The number of rotatable bonds is 10. The van der Waals surface area contributed by atoms with Crippen LogP contribution >= 0.6 is 0 Å². The number of aliphatic hydroxyl groups is 1. The van der Waals surface area contributed by atoms with Gasteiger partial charge in [0.05, 0.1) is 24.9 Å². The van der Waals surface area contributed by atoms with Gasteiger partial charge in [-0.1, -0.05) is 44.2 Å². The summed E-state index contributed by atoms with van der Waals surface area (Å²) >= 11 is 0. The third-order valence-electron chi connectivity index (χ3n) is 9.51. The number of hydrogen-bond acceptors (Lipinski definition) is 7. The molecule has 3 aliphatic rings. The van der Waals surface area contributed by atoms with Crippen molar-refractivity contribution in [1.82, 2.24) is 4.98 Å². The molecule has 1 saturated carbocycles. The number of fused-ring (bicyclic) bond motifs is 3. The fraction of sp³-hybridized carbons (Fsp3) is 0.459.